The van der Waals surface area contributed by atoms with Gasteiger partial charge in [-0.2, -0.15) is 0 Å². The summed E-state index contributed by atoms with van der Waals surface area (Å²) in [5.41, 5.74) is 0.809. The Morgan fingerprint density at radius 3 is 2.59 bits per heavy atom. The zero-order valence-electron chi connectivity index (χ0n) is 16.0. The van der Waals surface area contributed by atoms with Crippen molar-refractivity contribution in [2.75, 3.05) is 6.54 Å². The Morgan fingerprint density at radius 2 is 1.93 bits per heavy atom. The van der Waals surface area contributed by atoms with Crippen molar-refractivity contribution in [1.82, 2.24) is 10.6 Å². The quantitative estimate of drug-likeness (QED) is 0.479. The molecule has 1 aliphatic carbocycles. The van der Waals surface area contributed by atoms with Crippen LogP contribution in [0.15, 0.2) is 30.3 Å². The van der Waals surface area contributed by atoms with E-state index in [1.54, 1.807) is 12.1 Å². The molecule has 4 N–H and O–H groups in total. The smallest absolute Gasteiger partial charge is 0.407 e. The van der Waals surface area contributed by atoms with Gasteiger partial charge < -0.3 is 25.6 Å². The fraction of sp³-hybridized carbons (Fsp3) is 0.500. The van der Waals surface area contributed by atoms with Crippen LogP contribution in [0.2, 0.25) is 0 Å². The number of ether oxygens (including phenoxy) is 1. The van der Waals surface area contributed by atoms with E-state index in [-0.39, 0.29) is 31.8 Å². The molecular formula is C20H26N2O7. The summed E-state index contributed by atoms with van der Waals surface area (Å²) in [6.07, 6.45) is -0.639. The highest BCUT2D eigenvalue weighted by atomic mass is 16.5. The predicted molar refractivity (Wildman–Crippen MR) is 102 cm³/mol. The standard InChI is InChI=1S/C20H26N2O7/c23-15-8-4-7-14(9-15)18(19(26)27)22-17(25)10-16(24)11-21-20(28)29-12-13-5-2-1-3-6-13/h1-3,5-6,14,16,18,24H,4,7-12H2,(H,21,28)(H,22,25)(H,26,27)/t14-,16+,18-/m0/s1. The molecule has 0 unspecified atom stereocenters. The number of alkyl carbamates (subject to hydrolysis) is 1. The molecule has 2 rings (SSSR count). The third kappa shape index (κ3) is 7.90. The van der Waals surface area contributed by atoms with E-state index in [1.807, 2.05) is 18.2 Å². The molecule has 29 heavy (non-hydrogen) atoms. The molecule has 0 aliphatic heterocycles. The van der Waals surface area contributed by atoms with E-state index >= 15 is 0 Å². The van der Waals surface area contributed by atoms with E-state index in [2.05, 4.69) is 10.6 Å². The fourth-order valence-corrected chi connectivity index (χ4v) is 3.22. The Kier molecular flexibility index (Phi) is 8.60. The fourth-order valence-electron chi connectivity index (χ4n) is 3.22. The van der Waals surface area contributed by atoms with Crippen LogP contribution in [-0.2, 0) is 25.7 Å². The number of benzene rings is 1. The molecule has 0 saturated heterocycles. The van der Waals surface area contributed by atoms with Gasteiger partial charge in [-0.1, -0.05) is 30.3 Å². The van der Waals surface area contributed by atoms with Crippen LogP contribution in [0, 0.1) is 5.92 Å². The normalized spacial score (nSPS) is 18.4. The second-order valence-corrected chi connectivity index (χ2v) is 7.08. The minimum atomic E-state index is -1.21. The van der Waals surface area contributed by atoms with Crippen LogP contribution in [0.1, 0.15) is 37.7 Å². The lowest BCUT2D eigenvalue weighted by Crippen LogP contribution is -2.48. The van der Waals surface area contributed by atoms with Gasteiger partial charge >= 0.3 is 12.1 Å². The lowest BCUT2D eigenvalue weighted by molar-refractivity contribution is -0.144. The monoisotopic (exact) mass is 406 g/mol. The number of Topliss-reactive ketones (excluding diaryl/α,β-unsaturated/α-hetero) is 1. The van der Waals surface area contributed by atoms with Gasteiger partial charge in [0.25, 0.3) is 0 Å². The van der Waals surface area contributed by atoms with Crippen LogP contribution in [0.25, 0.3) is 0 Å². The number of hydrogen-bond donors (Lipinski definition) is 4. The average Bonchev–Trinajstić information content (AvgIpc) is 2.69. The van der Waals surface area contributed by atoms with E-state index in [0.717, 1.165) is 5.56 Å². The van der Waals surface area contributed by atoms with Crippen molar-refractivity contribution < 1.29 is 34.1 Å². The highest BCUT2D eigenvalue weighted by molar-refractivity contribution is 5.86. The number of amides is 2. The van der Waals surface area contributed by atoms with Crippen molar-refractivity contribution in [2.24, 2.45) is 5.92 Å². The summed E-state index contributed by atoms with van der Waals surface area (Å²) in [6.45, 7) is -0.148. The first-order chi connectivity index (χ1) is 13.8. The lowest BCUT2D eigenvalue weighted by atomic mass is 9.83. The molecule has 3 atom stereocenters. The summed E-state index contributed by atoms with van der Waals surface area (Å²) in [6, 6.07) is 7.88. The Morgan fingerprint density at radius 1 is 1.21 bits per heavy atom. The Balaban J connectivity index is 1.72. The number of carboxylic acids is 1. The molecule has 158 valence electrons. The molecule has 0 aromatic heterocycles. The van der Waals surface area contributed by atoms with Crippen LogP contribution in [0.3, 0.4) is 0 Å². The van der Waals surface area contributed by atoms with Crippen molar-refractivity contribution in [2.45, 2.75) is 50.9 Å². The number of carboxylic acid groups (broad SMARTS) is 1. The zero-order chi connectivity index (χ0) is 21.2. The summed E-state index contributed by atoms with van der Waals surface area (Å²) in [4.78, 5) is 46.8. The van der Waals surface area contributed by atoms with Crippen LogP contribution in [0.5, 0.6) is 0 Å². The maximum Gasteiger partial charge on any atom is 0.407 e. The van der Waals surface area contributed by atoms with E-state index in [1.165, 1.54) is 0 Å². The van der Waals surface area contributed by atoms with E-state index in [4.69, 9.17) is 4.74 Å². The van der Waals surface area contributed by atoms with Crippen molar-refractivity contribution in [3.8, 4) is 0 Å². The molecule has 0 radical (unpaired) electrons. The number of rotatable bonds is 9. The van der Waals surface area contributed by atoms with E-state index in [9.17, 15) is 29.4 Å². The summed E-state index contributed by atoms with van der Waals surface area (Å²) < 4.78 is 5.00. The number of aliphatic hydroxyl groups excluding tert-OH is 1. The minimum absolute atomic E-state index is 0.0139. The number of carbonyl (C=O) groups is 4. The van der Waals surface area contributed by atoms with Gasteiger partial charge in [0.1, 0.15) is 18.4 Å². The molecule has 2 amide bonds. The molecule has 1 fully saturated rings. The van der Waals surface area contributed by atoms with Crippen molar-refractivity contribution in [3.05, 3.63) is 35.9 Å². The number of carbonyl (C=O) groups excluding carboxylic acids is 3. The number of aliphatic hydroxyl groups is 1. The number of aliphatic carboxylic acids is 1. The first-order valence-electron chi connectivity index (χ1n) is 9.51. The molecule has 0 bridgehead atoms. The summed E-state index contributed by atoms with van der Waals surface area (Å²) in [5, 5.41) is 24.0. The average molecular weight is 406 g/mol. The van der Waals surface area contributed by atoms with E-state index in [0.29, 0.717) is 19.3 Å². The summed E-state index contributed by atoms with van der Waals surface area (Å²) in [5.74, 6) is -2.35. The molecule has 9 nitrogen and oxygen atoms in total. The van der Waals surface area contributed by atoms with Crippen LogP contribution in [-0.4, -0.2) is 52.7 Å². The molecule has 0 heterocycles. The SMILES string of the molecule is O=C1CCC[C@H]([C@H](NC(=O)C[C@@H](O)CNC(=O)OCc2ccccc2)C(=O)O)C1. The first kappa shape index (κ1) is 22.4. The number of hydrogen-bond acceptors (Lipinski definition) is 6. The molecule has 1 aliphatic rings. The topological polar surface area (TPSA) is 142 Å². The Labute approximate surface area is 168 Å². The maximum absolute atomic E-state index is 12.1. The Hall–Kier alpha value is -2.94. The predicted octanol–water partition coefficient (Wildman–Crippen LogP) is 0.992. The van der Waals surface area contributed by atoms with Crippen LogP contribution in [0.4, 0.5) is 4.79 Å². The lowest BCUT2D eigenvalue weighted by Gasteiger charge is -2.27. The van der Waals surface area contributed by atoms with Crippen LogP contribution < -0.4 is 10.6 Å². The molecule has 0 spiro atoms. The van der Waals surface area contributed by atoms with Crippen molar-refractivity contribution in [3.63, 3.8) is 0 Å². The second-order valence-electron chi connectivity index (χ2n) is 7.08. The number of ketones is 1. The largest absolute Gasteiger partial charge is 0.480 e. The van der Waals surface area contributed by atoms with Gasteiger partial charge in [0.15, 0.2) is 0 Å². The van der Waals surface area contributed by atoms with Crippen molar-refractivity contribution in [1.29, 1.82) is 0 Å². The van der Waals surface area contributed by atoms with E-state index < -0.39 is 36.0 Å². The molecule has 9 heteroatoms. The highest BCUT2D eigenvalue weighted by Gasteiger charge is 2.33. The van der Waals surface area contributed by atoms with Crippen LogP contribution >= 0.6 is 0 Å². The number of nitrogens with one attached hydrogen (secondary N) is 2. The zero-order valence-corrected chi connectivity index (χ0v) is 16.0. The third-order valence-electron chi connectivity index (χ3n) is 4.69. The second kappa shape index (κ2) is 11.2. The molecule has 1 saturated carbocycles. The van der Waals surface area contributed by atoms with Crippen molar-refractivity contribution >= 4 is 23.8 Å². The van der Waals surface area contributed by atoms with Gasteiger partial charge in [-0.05, 0) is 24.3 Å². The summed E-state index contributed by atoms with van der Waals surface area (Å²) in [7, 11) is 0. The van der Waals surface area contributed by atoms with Gasteiger partial charge in [-0.25, -0.2) is 9.59 Å². The Bertz CT molecular complexity index is 723. The maximum atomic E-state index is 12.1. The first-order valence-corrected chi connectivity index (χ1v) is 9.51. The molecule has 1 aromatic carbocycles. The minimum Gasteiger partial charge on any atom is -0.480 e. The third-order valence-corrected chi connectivity index (χ3v) is 4.69. The van der Waals surface area contributed by atoms with Gasteiger partial charge in [-0.15, -0.1) is 0 Å². The van der Waals surface area contributed by atoms with Gasteiger partial charge in [0.2, 0.25) is 5.91 Å². The molecular weight excluding hydrogens is 380 g/mol. The van der Waals surface area contributed by atoms with Gasteiger partial charge in [-0.3, -0.25) is 9.59 Å². The molecule has 1 aromatic rings. The summed E-state index contributed by atoms with van der Waals surface area (Å²) >= 11 is 0. The van der Waals surface area contributed by atoms with Gasteiger partial charge in [0.05, 0.1) is 12.5 Å². The van der Waals surface area contributed by atoms with Gasteiger partial charge in [0, 0.05) is 19.4 Å². The highest BCUT2D eigenvalue weighted by Crippen LogP contribution is 2.24.